The molecule has 0 aromatic rings. The van der Waals surface area contributed by atoms with E-state index >= 15 is 0 Å². The first-order valence-electron chi connectivity index (χ1n) is 6.32. The molecule has 0 aromatic heterocycles. The molecule has 1 N–H and O–H groups in total. The number of ether oxygens (including phenoxy) is 1. The van der Waals surface area contributed by atoms with Crippen LogP contribution in [0.2, 0.25) is 0 Å². The molecule has 1 fully saturated rings. The van der Waals surface area contributed by atoms with Crippen LogP contribution in [0.5, 0.6) is 0 Å². The minimum absolute atomic E-state index is 0.142. The Bertz CT molecular complexity index is 203. The van der Waals surface area contributed by atoms with Crippen molar-refractivity contribution < 1.29 is 9.53 Å². The van der Waals surface area contributed by atoms with Crippen molar-refractivity contribution in [2.75, 3.05) is 39.4 Å². The Morgan fingerprint density at radius 3 is 2.75 bits per heavy atom. The minimum Gasteiger partial charge on any atom is -0.379 e. The molecule has 1 amide bonds. The molecule has 1 unspecified atom stereocenters. The lowest BCUT2D eigenvalue weighted by Gasteiger charge is -2.26. The standard InChI is InChI=1S/C12H24N2O2/c1-3-11(2)12(15)13-5-4-6-14-7-9-16-10-8-14/h11H,3-10H2,1-2H3,(H,13,15). The van der Waals surface area contributed by atoms with Gasteiger partial charge in [-0.3, -0.25) is 9.69 Å². The van der Waals surface area contributed by atoms with E-state index in [4.69, 9.17) is 4.74 Å². The zero-order chi connectivity index (χ0) is 11.8. The maximum Gasteiger partial charge on any atom is 0.222 e. The highest BCUT2D eigenvalue weighted by atomic mass is 16.5. The maximum atomic E-state index is 11.5. The summed E-state index contributed by atoms with van der Waals surface area (Å²) >= 11 is 0. The highest BCUT2D eigenvalue weighted by molar-refractivity contribution is 5.78. The SMILES string of the molecule is CCC(C)C(=O)NCCCN1CCOCC1. The fraction of sp³-hybridized carbons (Fsp3) is 0.917. The zero-order valence-electron chi connectivity index (χ0n) is 10.5. The predicted molar refractivity (Wildman–Crippen MR) is 64.3 cm³/mol. The topological polar surface area (TPSA) is 41.6 Å². The molecule has 0 spiro atoms. The summed E-state index contributed by atoms with van der Waals surface area (Å²) in [5.74, 6) is 0.327. The molecule has 1 aliphatic heterocycles. The van der Waals surface area contributed by atoms with Crippen molar-refractivity contribution in [3.05, 3.63) is 0 Å². The van der Waals surface area contributed by atoms with E-state index in [1.165, 1.54) is 0 Å². The number of carbonyl (C=O) groups is 1. The summed E-state index contributed by atoms with van der Waals surface area (Å²) < 4.78 is 5.28. The molecular formula is C12H24N2O2. The van der Waals surface area contributed by atoms with Crippen LogP contribution in [0.3, 0.4) is 0 Å². The first-order valence-corrected chi connectivity index (χ1v) is 6.32. The van der Waals surface area contributed by atoms with E-state index in [1.54, 1.807) is 0 Å². The Morgan fingerprint density at radius 2 is 2.12 bits per heavy atom. The number of morpholine rings is 1. The van der Waals surface area contributed by atoms with Crippen LogP contribution in [0.25, 0.3) is 0 Å². The van der Waals surface area contributed by atoms with Crippen LogP contribution in [-0.4, -0.2) is 50.2 Å². The molecule has 0 bridgehead atoms. The van der Waals surface area contributed by atoms with Crippen molar-refractivity contribution in [2.24, 2.45) is 5.92 Å². The summed E-state index contributed by atoms with van der Waals surface area (Å²) in [6, 6.07) is 0. The molecular weight excluding hydrogens is 204 g/mol. The second-order valence-corrected chi connectivity index (χ2v) is 4.41. The number of carbonyl (C=O) groups excluding carboxylic acids is 1. The summed E-state index contributed by atoms with van der Waals surface area (Å²) in [6.07, 6.45) is 1.94. The lowest BCUT2D eigenvalue weighted by atomic mass is 10.1. The van der Waals surface area contributed by atoms with E-state index in [1.807, 2.05) is 13.8 Å². The van der Waals surface area contributed by atoms with Gasteiger partial charge in [0.15, 0.2) is 0 Å². The smallest absolute Gasteiger partial charge is 0.222 e. The lowest BCUT2D eigenvalue weighted by Crippen LogP contribution is -2.38. The first kappa shape index (κ1) is 13.5. The summed E-state index contributed by atoms with van der Waals surface area (Å²) in [7, 11) is 0. The van der Waals surface area contributed by atoms with Gasteiger partial charge in [0.1, 0.15) is 0 Å². The maximum absolute atomic E-state index is 11.5. The molecule has 1 atom stereocenters. The largest absolute Gasteiger partial charge is 0.379 e. The van der Waals surface area contributed by atoms with Crippen molar-refractivity contribution in [3.8, 4) is 0 Å². The van der Waals surface area contributed by atoms with E-state index < -0.39 is 0 Å². The lowest BCUT2D eigenvalue weighted by molar-refractivity contribution is -0.124. The fourth-order valence-corrected chi connectivity index (χ4v) is 1.70. The van der Waals surface area contributed by atoms with Crippen LogP contribution < -0.4 is 5.32 Å². The molecule has 4 heteroatoms. The number of nitrogens with one attached hydrogen (secondary N) is 1. The van der Waals surface area contributed by atoms with Gasteiger partial charge < -0.3 is 10.1 Å². The van der Waals surface area contributed by atoms with E-state index in [-0.39, 0.29) is 11.8 Å². The van der Waals surface area contributed by atoms with Gasteiger partial charge in [-0.05, 0) is 19.4 Å². The Balaban J connectivity index is 2.00. The average Bonchev–Trinajstić information content (AvgIpc) is 2.34. The highest BCUT2D eigenvalue weighted by Gasteiger charge is 2.11. The Labute approximate surface area is 98.3 Å². The van der Waals surface area contributed by atoms with Crippen molar-refractivity contribution in [2.45, 2.75) is 26.7 Å². The second kappa shape index (κ2) is 7.63. The van der Waals surface area contributed by atoms with Gasteiger partial charge in [0.05, 0.1) is 13.2 Å². The molecule has 94 valence electrons. The monoisotopic (exact) mass is 228 g/mol. The number of hydrogen-bond donors (Lipinski definition) is 1. The van der Waals surface area contributed by atoms with Crippen molar-refractivity contribution in [3.63, 3.8) is 0 Å². The molecule has 0 aromatic carbocycles. The molecule has 4 nitrogen and oxygen atoms in total. The third-order valence-corrected chi connectivity index (χ3v) is 3.11. The van der Waals surface area contributed by atoms with E-state index in [9.17, 15) is 4.79 Å². The average molecular weight is 228 g/mol. The normalized spacial score (nSPS) is 19.4. The van der Waals surface area contributed by atoms with Gasteiger partial charge in [0.25, 0.3) is 0 Å². The third kappa shape index (κ3) is 4.94. The van der Waals surface area contributed by atoms with Gasteiger partial charge in [-0.15, -0.1) is 0 Å². The van der Waals surface area contributed by atoms with Crippen LogP contribution in [0.1, 0.15) is 26.7 Å². The zero-order valence-corrected chi connectivity index (χ0v) is 10.5. The number of amides is 1. The summed E-state index contributed by atoms with van der Waals surface area (Å²) in [5.41, 5.74) is 0. The predicted octanol–water partition coefficient (Wildman–Crippen LogP) is 0.871. The molecule has 0 aliphatic carbocycles. The molecule has 0 radical (unpaired) electrons. The molecule has 0 saturated carbocycles. The van der Waals surface area contributed by atoms with Gasteiger partial charge in [-0.1, -0.05) is 13.8 Å². The van der Waals surface area contributed by atoms with Gasteiger partial charge in [0, 0.05) is 25.6 Å². The minimum atomic E-state index is 0.142. The van der Waals surface area contributed by atoms with Crippen LogP contribution in [-0.2, 0) is 9.53 Å². The van der Waals surface area contributed by atoms with E-state index in [2.05, 4.69) is 10.2 Å². The number of nitrogens with zero attached hydrogens (tertiary/aromatic N) is 1. The van der Waals surface area contributed by atoms with Gasteiger partial charge in [-0.25, -0.2) is 0 Å². The summed E-state index contributed by atoms with van der Waals surface area (Å²) in [4.78, 5) is 13.9. The molecule has 1 rings (SSSR count). The van der Waals surface area contributed by atoms with Crippen LogP contribution >= 0.6 is 0 Å². The molecule has 1 saturated heterocycles. The van der Waals surface area contributed by atoms with E-state index in [0.29, 0.717) is 0 Å². The third-order valence-electron chi connectivity index (χ3n) is 3.11. The van der Waals surface area contributed by atoms with Crippen LogP contribution in [0, 0.1) is 5.92 Å². The molecule has 16 heavy (non-hydrogen) atoms. The highest BCUT2D eigenvalue weighted by Crippen LogP contribution is 2.00. The fourth-order valence-electron chi connectivity index (χ4n) is 1.70. The van der Waals surface area contributed by atoms with Crippen LogP contribution in [0.4, 0.5) is 0 Å². The Hall–Kier alpha value is -0.610. The Kier molecular flexibility index (Phi) is 6.42. The quantitative estimate of drug-likeness (QED) is 0.686. The van der Waals surface area contributed by atoms with E-state index in [0.717, 1.165) is 52.2 Å². The number of rotatable bonds is 6. The van der Waals surface area contributed by atoms with Crippen molar-refractivity contribution in [1.82, 2.24) is 10.2 Å². The first-order chi connectivity index (χ1) is 7.74. The second-order valence-electron chi connectivity index (χ2n) is 4.41. The number of hydrogen-bond acceptors (Lipinski definition) is 3. The molecule has 1 heterocycles. The van der Waals surface area contributed by atoms with Crippen LogP contribution in [0.15, 0.2) is 0 Å². The van der Waals surface area contributed by atoms with Crippen molar-refractivity contribution in [1.29, 1.82) is 0 Å². The van der Waals surface area contributed by atoms with Gasteiger partial charge >= 0.3 is 0 Å². The Morgan fingerprint density at radius 1 is 1.44 bits per heavy atom. The summed E-state index contributed by atoms with van der Waals surface area (Å²) in [6.45, 7) is 9.61. The van der Waals surface area contributed by atoms with Gasteiger partial charge in [-0.2, -0.15) is 0 Å². The van der Waals surface area contributed by atoms with Gasteiger partial charge in [0.2, 0.25) is 5.91 Å². The molecule has 1 aliphatic rings. The van der Waals surface area contributed by atoms with Crippen molar-refractivity contribution >= 4 is 5.91 Å². The summed E-state index contributed by atoms with van der Waals surface area (Å²) in [5, 5.41) is 2.98.